The van der Waals surface area contributed by atoms with Crippen LogP contribution in [0.2, 0.25) is 0 Å². The molecular weight excluding hydrogens is 459 g/mol. The Morgan fingerprint density at radius 3 is 1.88 bits per heavy atom. The van der Waals surface area contributed by atoms with Crippen molar-refractivity contribution in [2.45, 2.75) is 142 Å². The van der Waals surface area contributed by atoms with E-state index in [-0.39, 0.29) is 18.0 Å². The van der Waals surface area contributed by atoms with Gasteiger partial charge in [-0.15, -0.1) is 0 Å². The first-order valence-corrected chi connectivity index (χ1v) is 16.0. The van der Waals surface area contributed by atoms with Gasteiger partial charge < -0.3 is 9.42 Å². The van der Waals surface area contributed by atoms with Gasteiger partial charge in [-0.05, 0) is 31.9 Å². The van der Waals surface area contributed by atoms with Gasteiger partial charge in [0, 0.05) is 5.25 Å². The molecular formula is C25H51O6PS. The minimum Gasteiger partial charge on any atom is -0.316 e. The number of unbranched alkanes of at least 4 members (excludes halogenated alkanes) is 12. The average Bonchev–Trinajstić information content (AvgIpc) is 2.80. The average molecular weight is 511 g/mol. The molecule has 6 nitrogen and oxygen atoms in total. The largest absolute Gasteiger partial charge is 0.452 e. The molecule has 1 N–H and O–H groups in total. The molecule has 0 aromatic carbocycles. The van der Waals surface area contributed by atoms with E-state index in [9.17, 15) is 14.3 Å². The molecule has 0 saturated carbocycles. The van der Waals surface area contributed by atoms with E-state index >= 15 is 0 Å². The predicted molar refractivity (Wildman–Crippen MR) is 140 cm³/mol. The van der Waals surface area contributed by atoms with Crippen molar-refractivity contribution < 1.29 is 28.6 Å². The first-order valence-electron chi connectivity index (χ1n) is 13.4. The van der Waals surface area contributed by atoms with Gasteiger partial charge >= 0.3 is 13.3 Å². The van der Waals surface area contributed by atoms with Crippen LogP contribution in [0.5, 0.6) is 0 Å². The first kappa shape index (κ1) is 32.9. The molecule has 3 unspecified atom stereocenters. The monoisotopic (exact) mass is 510 g/mol. The van der Waals surface area contributed by atoms with Gasteiger partial charge in [-0.1, -0.05) is 104 Å². The molecule has 0 heterocycles. The normalized spacial score (nSPS) is 15.2. The fourth-order valence-electron chi connectivity index (χ4n) is 3.54. The Hall–Kier alpha value is -0.0700. The summed E-state index contributed by atoms with van der Waals surface area (Å²) in [5, 5.41) is 0.183. The molecule has 198 valence electrons. The van der Waals surface area contributed by atoms with Gasteiger partial charge in [0.25, 0.3) is 0 Å². The van der Waals surface area contributed by atoms with Crippen LogP contribution in [0.15, 0.2) is 0 Å². The molecule has 0 radical (unpaired) electrons. The number of carbonyl (C=O) groups is 1. The molecule has 3 atom stereocenters. The van der Waals surface area contributed by atoms with E-state index < -0.39 is 13.3 Å². The molecule has 0 fully saturated rings. The van der Waals surface area contributed by atoms with E-state index in [4.69, 9.17) is 14.3 Å². The van der Waals surface area contributed by atoms with Crippen molar-refractivity contribution in [1.82, 2.24) is 0 Å². The third kappa shape index (κ3) is 18.9. The van der Waals surface area contributed by atoms with E-state index in [1.54, 1.807) is 6.92 Å². The third-order valence-electron chi connectivity index (χ3n) is 5.67. The second-order valence-corrected chi connectivity index (χ2v) is 12.0. The quantitative estimate of drug-likeness (QED) is 0.0600. The van der Waals surface area contributed by atoms with E-state index in [2.05, 4.69) is 13.8 Å². The zero-order valence-electron chi connectivity index (χ0n) is 21.7. The summed E-state index contributed by atoms with van der Waals surface area (Å²) >= 11 is 1.86. The molecule has 33 heavy (non-hydrogen) atoms. The minimum absolute atomic E-state index is 0.0212. The van der Waals surface area contributed by atoms with Crippen molar-refractivity contribution in [2.75, 3.05) is 12.4 Å². The lowest BCUT2D eigenvalue weighted by atomic mass is 10.1. The SMILES string of the molecule is CCCCCCCCCCCSC(CCCCCCC)C(C)OOC(=O)P(=O)(O)OCCC. The molecule has 0 saturated heterocycles. The molecule has 0 spiro atoms. The zero-order valence-corrected chi connectivity index (χ0v) is 23.4. The molecule has 0 rings (SSSR count). The van der Waals surface area contributed by atoms with Crippen LogP contribution in [-0.4, -0.2) is 34.3 Å². The van der Waals surface area contributed by atoms with Crippen LogP contribution >= 0.6 is 19.4 Å². The fourth-order valence-corrected chi connectivity index (χ4v) is 5.54. The third-order valence-corrected chi connectivity index (χ3v) is 8.31. The zero-order chi connectivity index (χ0) is 24.8. The maximum atomic E-state index is 11.9. The van der Waals surface area contributed by atoms with Gasteiger partial charge in [-0.3, -0.25) is 4.89 Å². The predicted octanol–water partition coefficient (Wildman–Crippen LogP) is 9.05. The molecule has 0 bridgehead atoms. The first-order chi connectivity index (χ1) is 15.9. The minimum atomic E-state index is -4.46. The molecule has 0 aliphatic carbocycles. The molecule has 0 aromatic heterocycles. The summed E-state index contributed by atoms with van der Waals surface area (Å²) in [5.41, 5.74) is -1.34. The number of hydrogen-bond acceptors (Lipinski definition) is 6. The number of thioether (sulfide) groups is 1. The van der Waals surface area contributed by atoms with E-state index in [1.165, 1.54) is 83.5 Å². The summed E-state index contributed by atoms with van der Waals surface area (Å²) in [6.45, 7) is 8.13. The van der Waals surface area contributed by atoms with Crippen molar-refractivity contribution in [3.63, 3.8) is 0 Å². The van der Waals surface area contributed by atoms with Crippen LogP contribution in [0.3, 0.4) is 0 Å². The standard InChI is InChI=1S/C25H51O6PS/c1-5-8-10-12-13-14-15-17-19-22-33-24(20-18-16-11-9-6-2)23(4)30-31-25(26)32(27,28)29-21-7-3/h23-24H,5-22H2,1-4H3,(H,27,28). The van der Waals surface area contributed by atoms with E-state index in [0.717, 1.165) is 18.6 Å². The van der Waals surface area contributed by atoms with Crippen LogP contribution < -0.4 is 0 Å². The van der Waals surface area contributed by atoms with Gasteiger partial charge in [0.2, 0.25) is 0 Å². The lowest BCUT2D eigenvalue weighted by molar-refractivity contribution is -0.262. The Kier molecular flexibility index (Phi) is 22.4. The summed E-state index contributed by atoms with van der Waals surface area (Å²) < 4.78 is 16.6. The van der Waals surface area contributed by atoms with Crippen LogP contribution in [0.4, 0.5) is 4.79 Å². The summed E-state index contributed by atoms with van der Waals surface area (Å²) in [4.78, 5) is 31.5. The smallest absolute Gasteiger partial charge is 0.316 e. The maximum Gasteiger partial charge on any atom is 0.452 e. The number of rotatable bonds is 24. The van der Waals surface area contributed by atoms with Crippen LogP contribution in [0.1, 0.15) is 130 Å². The van der Waals surface area contributed by atoms with Gasteiger partial charge in [-0.2, -0.15) is 16.6 Å². The Morgan fingerprint density at radius 1 is 0.818 bits per heavy atom. The highest BCUT2D eigenvalue weighted by molar-refractivity contribution is 7.99. The Labute approximate surface area is 207 Å². The second kappa shape index (κ2) is 22.4. The van der Waals surface area contributed by atoms with Gasteiger partial charge in [0.05, 0.1) is 6.61 Å². The summed E-state index contributed by atoms with van der Waals surface area (Å²) in [7, 11) is -4.46. The second-order valence-electron chi connectivity index (χ2n) is 8.94. The Balaban J connectivity index is 4.34. The highest BCUT2D eigenvalue weighted by Crippen LogP contribution is 2.44. The Bertz CT molecular complexity index is 505. The molecule has 0 aromatic rings. The summed E-state index contributed by atoms with van der Waals surface area (Å²) in [5.74, 6) is 1.05. The van der Waals surface area contributed by atoms with E-state index in [1.807, 2.05) is 18.7 Å². The lowest BCUT2D eigenvalue weighted by Crippen LogP contribution is -2.25. The summed E-state index contributed by atoms with van der Waals surface area (Å²) in [6.07, 6.45) is 18.9. The maximum absolute atomic E-state index is 11.9. The van der Waals surface area contributed by atoms with Crippen molar-refractivity contribution in [2.24, 2.45) is 0 Å². The number of hydrogen-bond donors (Lipinski definition) is 1. The van der Waals surface area contributed by atoms with Crippen LogP contribution in [0.25, 0.3) is 0 Å². The molecule has 8 heteroatoms. The van der Waals surface area contributed by atoms with Crippen molar-refractivity contribution in [1.29, 1.82) is 0 Å². The van der Waals surface area contributed by atoms with Crippen molar-refractivity contribution >= 4 is 25.1 Å². The highest BCUT2D eigenvalue weighted by atomic mass is 32.2. The molecule has 0 aliphatic rings. The van der Waals surface area contributed by atoms with Crippen LogP contribution in [0, 0.1) is 0 Å². The lowest BCUT2D eigenvalue weighted by Gasteiger charge is -2.23. The highest BCUT2D eigenvalue weighted by Gasteiger charge is 2.35. The van der Waals surface area contributed by atoms with Crippen molar-refractivity contribution in [3.05, 3.63) is 0 Å². The summed E-state index contributed by atoms with van der Waals surface area (Å²) in [6, 6.07) is 0. The van der Waals surface area contributed by atoms with Crippen molar-refractivity contribution in [3.8, 4) is 0 Å². The van der Waals surface area contributed by atoms with Gasteiger partial charge in [0.15, 0.2) is 0 Å². The van der Waals surface area contributed by atoms with Gasteiger partial charge in [-0.25, -0.2) is 9.36 Å². The molecule has 0 aliphatic heterocycles. The van der Waals surface area contributed by atoms with Gasteiger partial charge in [0.1, 0.15) is 6.10 Å². The fraction of sp³-hybridized carbons (Fsp3) is 0.960. The van der Waals surface area contributed by atoms with Crippen LogP contribution in [-0.2, 0) is 18.9 Å². The van der Waals surface area contributed by atoms with E-state index in [0.29, 0.717) is 6.42 Å². The molecule has 0 amide bonds. The Morgan fingerprint density at radius 2 is 1.33 bits per heavy atom. The topological polar surface area (TPSA) is 82.1 Å². The number of carbonyl (C=O) groups excluding carboxylic acids is 1.